The molecule has 2 aliphatic rings. The maximum absolute atomic E-state index is 12.2. The van der Waals surface area contributed by atoms with E-state index in [9.17, 15) is 4.79 Å². The number of ether oxygens (including phenoxy) is 5. The summed E-state index contributed by atoms with van der Waals surface area (Å²) in [6.07, 6.45) is 0. The summed E-state index contributed by atoms with van der Waals surface area (Å²) in [4.78, 5) is 12.2. The Morgan fingerprint density at radius 2 is 1.61 bits per heavy atom. The monoisotopic (exact) mass is 378 g/mol. The Bertz CT molecular complexity index is 788. The van der Waals surface area contributed by atoms with Crippen molar-refractivity contribution in [1.29, 1.82) is 0 Å². The second kappa shape index (κ2) is 5.66. The van der Waals surface area contributed by atoms with Crippen molar-refractivity contribution >= 4 is 21.9 Å². The first kappa shape index (κ1) is 14.2. The van der Waals surface area contributed by atoms with Gasteiger partial charge in [0.15, 0.2) is 23.0 Å². The first-order chi connectivity index (χ1) is 11.2. The fourth-order valence-electron chi connectivity index (χ4n) is 2.32. The molecule has 0 saturated heterocycles. The molecule has 0 bridgehead atoms. The Morgan fingerprint density at radius 3 is 2.39 bits per heavy atom. The van der Waals surface area contributed by atoms with Crippen LogP contribution in [0.4, 0.5) is 0 Å². The number of hydrogen-bond donors (Lipinski definition) is 0. The largest absolute Gasteiger partial charge is 0.457 e. The molecule has 0 saturated carbocycles. The second-order valence-electron chi connectivity index (χ2n) is 4.94. The van der Waals surface area contributed by atoms with Gasteiger partial charge in [0.05, 0.1) is 5.56 Å². The molecule has 4 rings (SSSR count). The molecule has 23 heavy (non-hydrogen) atoms. The summed E-state index contributed by atoms with van der Waals surface area (Å²) in [5.41, 5.74) is 1.20. The molecule has 0 spiro atoms. The van der Waals surface area contributed by atoms with E-state index < -0.39 is 5.97 Å². The van der Waals surface area contributed by atoms with Gasteiger partial charge in [-0.05, 0) is 30.3 Å². The lowest BCUT2D eigenvalue weighted by Gasteiger charge is -2.08. The fraction of sp³-hybridized carbons (Fsp3) is 0.188. The predicted octanol–water partition coefficient (Wildman–Crippen LogP) is 3.26. The highest BCUT2D eigenvalue weighted by Crippen LogP contribution is 2.37. The van der Waals surface area contributed by atoms with E-state index >= 15 is 0 Å². The molecule has 0 fully saturated rings. The molecule has 0 amide bonds. The van der Waals surface area contributed by atoms with E-state index in [1.165, 1.54) is 0 Å². The number of carbonyl (C=O) groups excluding carboxylic acids is 1. The van der Waals surface area contributed by atoms with E-state index in [1.54, 1.807) is 30.3 Å². The molecular weight excluding hydrogens is 368 g/mol. The zero-order valence-corrected chi connectivity index (χ0v) is 13.4. The molecule has 0 radical (unpaired) electrons. The number of benzene rings is 2. The Morgan fingerprint density at radius 1 is 0.957 bits per heavy atom. The number of fused-ring (bicyclic) bond motifs is 2. The average molecular weight is 379 g/mol. The van der Waals surface area contributed by atoms with Crippen LogP contribution < -0.4 is 18.9 Å². The summed E-state index contributed by atoms with van der Waals surface area (Å²) in [6, 6.07) is 8.53. The van der Waals surface area contributed by atoms with Crippen LogP contribution in [0.1, 0.15) is 15.9 Å². The van der Waals surface area contributed by atoms with Crippen molar-refractivity contribution in [2.45, 2.75) is 6.61 Å². The van der Waals surface area contributed by atoms with Crippen molar-refractivity contribution in [2.75, 3.05) is 13.6 Å². The molecule has 2 aromatic carbocycles. The van der Waals surface area contributed by atoms with Gasteiger partial charge in [-0.25, -0.2) is 4.79 Å². The molecule has 2 heterocycles. The van der Waals surface area contributed by atoms with Crippen LogP contribution in [-0.4, -0.2) is 19.6 Å². The topological polar surface area (TPSA) is 63.2 Å². The zero-order valence-electron chi connectivity index (χ0n) is 11.8. The van der Waals surface area contributed by atoms with Crippen molar-refractivity contribution in [2.24, 2.45) is 0 Å². The van der Waals surface area contributed by atoms with Crippen molar-refractivity contribution < 1.29 is 28.5 Å². The molecule has 0 unspecified atom stereocenters. The lowest BCUT2D eigenvalue weighted by molar-refractivity contribution is 0.0471. The smallest absolute Gasteiger partial charge is 0.338 e. The second-order valence-corrected chi connectivity index (χ2v) is 5.80. The lowest BCUT2D eigenvalue weighted by Crippen LogP contribution is -2.05. The van der Waals surface area contributed by atoms with E-state index in [0.29, 0.717) is 28.6 Å². The zero-order chi connectivity index (χ0) is 15.8. The van der Waals surface area contributed by atoms with Crippen LogP contribution in [0.2, 0.25) is 0 Å². The van der Waals surface area contributed by atoms with Gasteiger partial charge in [-0.3, -0.25) is 0 Å². The van der Waals surface area contributed by atoms with Crippen LogP contribution in [0.25, 0.3) is 0 Å². The maximum atomic E-state index is 12.2. The average Bonchev–Trinajstić information content (AvgIpc) is 3.19. The standard InChI is InChI=1S/C16H11BrO6/c17-11-5-15-14(22-8-23-15)4-10(11)6-19-16(18)9-1-2-12-13(3-9)21-7-20-12/h1-5H,6-8H2. The third-order valence-electron chi connectivity index (χ3n) is 3.51. The first-order valence-electron chi connectivity index (χ1n) is 6.85. The van der Waals surface area contributed by atoms with E-state index in [2.05, 4.69) is 15.9 Å². The third-order valence-corrected chi connectivity index (χ3v) is 4.25. The molecule has 7 heteroatoms. The number of rotatable bonds is 3. The Balaban J connectivity index is 1.48. The number of halogens is 1. The highest BCUT2D eigenvalue weighted by molar-refractivity contribution is 9.10. The number of esters is 1. The van der Waals surface area contributed by atoms with Gasteiger partial charge >= 0.3 is 5.97 Å². The highest BCUT2D eigenvalue weighted by atomic mass is 79.9. The molecule has 0 atom stereocenters. The summed E-state index contributed by atoms with van der Waals surface area (Å²) < 4.78 is 27.2. The van der Waals surface area contributed by atoms with Crippen LogP contribution in [0.15, 0.2) is 34.8 Å². The molecule has 2 aromatic rings. The van der Waals surface area contributed by atoms with Crippen LogP contribution in [0.3, 0.4) is 0 Å². The Hall–Kier alpha value is -2.41. The van der Waals surface area contributed by atoms with E-state index in [4.69, 9.17) is 23.7 Å². The Kier molecular flexibility index (Phi) is 3.49. The minimum Gasteiger partial charge on any atom is -0.457 e. The molecular formula is C16H11BrO6. The van der Waals surface area contributed by atoms with Crippen molar-refractivity contribution in [3.8, 4) is 23.0 Å². The molecule has 6 nitrogen and oxygen atoms in total. The number of hydrogen-bond acceptors (Lipinski definition) is 6. The van der Waals surface area contributed by atoms with Gasteiger partial charge in [-0.15, -0.1) is 0 Å². The molecule has 118 valence electrons. The summed E-state index contributed by atoms with van der Waals surface area (Å²) in [6.45, 7) is 0.477. The van der Waals surface area contributed by atoms with Crippen LogP contribution in [-0.2, 0) is 11.3 Å². The summed E-state index contributed by atoms with van der Waals surface area (Å²) in [5.74, 6) is 2.04. The quantitative estimate of drug-likeness (QED) is 0.763. The van der Waals surface area contributed by atoms with E-state index in [0.717, 1.165) is 10.0 Å². The van der Waals surface area contributed by atoms with Crippen LogP contribution in [0, 0.1) is 0 Å². The maximum Gasteiger partial charge on any atom is 0.338 e. The Labute approximate surface area is 140 Å². The van der Waals surface area contributed by atoms with Crippen molar-refractivity contribution in [3.05, 3.63) is 45.9 Å². The number of carbonyl (C=O) groups is 1. The van der Waals surface area contributed by atoms with E-state index in [-0.39, 0.29) is 20.2 Å². The minimum absolute atomic E-state index is 0.116. The van der Waals surface area contributed by atoms with Crippen molar-refractivity contribution in [3.63, 3.8) is 0 Å². The van der Waals surface area contributed by atoms with Gasteiger partial charge in [-0.2, -0.15) is 0 Å². The molecule has 0 aromatic heterocycles. The summed E-state index contributed by atoms with van der Waals surface area (Å²) in [7, 11) is 0. The molecule has 2 aliphatic heterocycles. The normalized spacial score (nSPS) is 14.0. The van der Waals surface area contributed by atoms with Gasteiger partial charge in [0.2, 0.25) is 13.6 Å². The fourth-order valence-corrected chi connectivity index (χ4v) is 2.76. The summed E-state index contributed by atoms with van der Waals surface area (Å²) in [5, 5.41) is 0. The van der Waals surface area contributed by atoms with Crippen LogP contribution in [0.5, 0.6) is 23.0 Å². The lowest BCUT2D eigenvalue weighted by atomic mass is 10.2. The first-order valence-corrected chi connectivity index (χ1v) is 7.65. The van der Waals surface area contributed by atoms with Gasteiger partial charge < -0.3 is 23.7 Å². The van der Waals surface area contributed by atoms with Crippen LogP contribution >= 0.6 is 15.9 Å². The highest BCUT2D eigenvalue weighted by Gasteiger charge is 2.19. The SMILES string of the molecule is O=C(OCc1cc2c(cc1Br)OCO2)c1ccc2c(c1)OCO2. The van der Waals surface area contributed by atoms with E-state index in [1.807, 2.05) is 0 Å². The molecule has 0 N–H and O–H groups in total. The third kappa shape index (κ3) is 2.68. The van der Waals surface area contributed by atoms with Crippen molar-refractivity contribution in [1.82, 2.24) is 0 Å². The van der Waals surface area contributed by atoms with Gasteiger partial charge in [0, 0.05) is 10.0 Å². The van der Waals surface area contributed by atoms with Gasteiger partial charge in [0.25, 0.3) is 0 Å². The van der Waals surface area contributed by atoms with Gasteiger partial charge in [0.1, 0.15) is 6.61 Å². The summed E-state index contributed by atoms with van der Waals surface area (Å²) >= 11 is 3.43. The minimum atomic E-state index is -0.437. The predicted molar refractivity (Wildman–Crippen MR) is 81.9 cm³/mol. The van der Waals surface area contributed by atoms with Gasteiger partial charge in [-0.1, -0.05) is 15.9 Å². The molecule has 0 aliphatic carbocycles.